The van der Waals surface area contributed by atoms with Crippen LogP contribution in [0.1, 0.15) is 17.2 Å². The first-order valence-corrected chi connectivity index (χ1v) is 13.2. The Bertz CT molecular complexity index is 1100. The van der Waals surface area contributed by atoms with Gasteiger partial charge < -0.3 is 4.74 Å². The van der Waals surface area contributed by atoms with Crippen molar-refractivity contribution < 1.29 is 13.2 Å². The first-order chi connectivity index (χ1) is 16.1. The van der Waals surface area contributed by atoms with E-state index < -0.39 is 15.4 Å². The number of hydrogen-bond acceptors (Lipinski definition) is 5. The van der Waals surface area contributed by atoms with Crippen LogP contribution in [0.15, 0.2) is 95.9 Å². The molecule has 2 aliphatic rings. The summed E-state index contributed by atoms with van der Waals surface area (Å²) in [5.74, 6) is 0.102. The van der Waals surface area contributed by atoms with Gasteiger partial charge in [-0.05, 0) is 23.3 Å². The maximum Gasteiger partial charge on any atom is 0.180 e. The lowest BCUT2D eigenvalue weighted by Crippen LogP contribution is -2.69. The van der Waals surface area contributed by atoms with Gasteiger partial charge in [-0.25, -0.2) is 8.42 Å². The fourth-order valence-corrected chi connectivity index (χ4v) is 6.89. The predicted molar refractivity (Wildman–Crippen MR) is 130 cm³/mol. The summed E-state index contributed by atoms with van der Waals surface area (Å²) >= 11 is 0. The van der Waals surface area contributed by atoms with Crippen molar-refractivity contribution in [1.29, 1.82) is 0 Å². The van der Waals surface area contributed by atoms with E-state index in [2.05, 4.69) is 70.5 Å². The van der Waals surface area contributed by atoms with Crippen molar-refractivity contribution in [1.82, 2.24) is 9.80 Å². The van der Waals surface area contributed by atoms with Gasteiger partial charge in [0.15, 0.2) is 9.84 Å². The summed E-state index contributed by atoms with van der Waals surface area (Å²) in [5.41, 5.74) is 2.13. The zero-order valence-corrected chi connectivity index (χ0v) is 19.5. The van der Waals surface area contributed by atoms with Gasteiger partial charge in [-0.3, -0.25) is 9.80 Å². The molecule has 0 aromatic heterocycles. The van der Waals surface area contributed by atoms with Crippen LogP contribution < -0.4 is 0 Å². The van der Waals surface area contributed by atoms with E-state index in [0.29, 0.717) is 18.1 Å². The van der Waals surface area contributed by atoms with E-state index in [4.69, 9.17) is 4.74 Å². The van der Waals surface area contributed by atoms with Crippen LogP contribution in [0.4, 0.5) is 0 Å². The normalized spacial score (nSPS) is 19.3. The standard InChI is InChI=1S/C27H30N2O3S/c30-33(31,25-14-8-3-9-15-25)22-27(20-32-21-27)29-18-16-28(17-19-29)26(23-10-4-1-5-11-23)24-12-6-2-7-13-24/h1-15,26H,16-22H2. The first-order valence-electron chi connectivity index (χ1n) is 11.5. The molecule has 6 heteroatoms. The van der Waals surface area contributed by atoms with Gasteiger partial charge >= 0.3 is 0 Å². The fourth-order valence-electron chi connectivity index (χ4n) is 5.10. The van der Waals surface area contributed by atoms with Crippen LogP contribution in [0.2, 0.25) is 0 Å². The van der Waals surface area contributed by atoms with Crippen molar-refractivity contribution in [2.75, 3.05) is 45.1 Å². The Morgan fingerprint density at radius 1 is 0.727 bits per heavy atom. The van der Waals surface area contributed by atoms with E-state index in [1.165, 1.54) is 11.1 Å². The second-order valence-corrected chi connectivity index (χ2v) is 11.0. The third-order valence-electron chi connectivity index (χ3n) is 6.88. The van der Waals surface area contributed by atoms with Gasteiger partial charge in [-0.2, -0.15) is 0 Å². The number of hydrogen-bond donors (Lipinski definition) is 0. The molecule has 0 unspecified atom stereocenters. The van der Waals surface area contributed by atoms with Crippen LogP contribution in [-0.4, -0.2) is 68.9 Å². The fraction of sp³-hybridized carbons (Fsp3) is 0.333. The Kier molecular flexibility index (Phi) is 6.34. The monoisotopic (exact) mass is 462 g/mol. The number of benzene rings is 3. The van der Waals surface area contributed by atoms with Gasteiger partial charge in [0, 0.05) is 26.2 Å². The first kappa shape index (κ1) is 22.3. The Hall–Kier alpha value is -2.51. The summed E-state index contributed by atoms with van der Waals surface area (Å²) in [4.78, 5) is 5.25. The van der Waals surface area contributed by atoms with Crippen LogP contribution in [-0.2, 0) is 14.6 Å². The zero-order valence-electron chi connectivity index (χ0n) is 18.7. The molecule has 3 aromatic rings. The Morgan fingerprint density at radius 2 is 1.21 bits per heavy atom. The molecule has 0 spiro atoms. The molecule has 2 heterocycles. The predicted octanol–water partition coefficient (Wildman–Crippen LogP) is 3.64. The van der Waals surface area contributed by atoms with Crippen molar-refractivity contribution >= 4 is 9.84 Å². The minimum Gasteiger partial charge on any atom is -0.377 e. The highest BCUT2D eigenvalue weighted by molar-refractivity contribution is 7.91. The summed E-state index contributed by atoms with van der Waals surface area (Å²) in [6.45, 7) is 4.34. The van der Waals surface area contributed by atoms with Gasteiger partial charge in [0.25, 0.3) is 0 Å². The number of rotatable bonds is 7. The molecule has 2 aliphatic heterocycles. The minimum atomic E-state index is -3.38. The summed E-state index contributed by atoms with van der Waals surface area (Å²) in [6.07, 6.45) is 0. The summed E-state index contributed by atoms with van der Waals surface area (Å²) in [7, 11) is -3.38. The van der Waals surface area contributed by atoms with Gasteiger partial charge in [0.05, 0.1) is 35.4 Å². The van der Waals surface area contributed by atoms with E-state index in [1.54, 1.807) is 24.3 Å². The third kappa shape index (κ3) is 4.62. The van der Waals surface area contributed by atoms with Gasteiger partial charge in [-0.15, -0.1) is 0 Å². The molecule has 172 valence electrons. The largest absolute Gasteiger partial charge is 0.377 e. The second kappa shape index (κ2) is 9.39. The van der Waals surface area contributed by atoms with Gasteiger partial charge in [0.2, 0.25) is 0 Å². The van der Waals surface area contributed by atoms with E-state index in [1.807, 2.05) is 6.07 Å². The van der Waals surface area contributed by atoms with E-state index in [-0.39, 0.29) is 11.8 Å². The Morgan fingerprint density at radius 3 is 1.67 bits per heavy atom. The molecule has 33 heavy (non-hydrogen) atoms. The average Bonchev–Trinajstić information content (AvgIpc) is 2.84. The van der Waals surface area contributed by atoms with Gasteiger partial charge in [0.1, 0.15) is 0 Å². The lowest BCUT2D eigenvalue weighted by molar-refractivity contribution is -0.139. The Labute approximate surface area is 196 Å². The smallest absolute Gasteiger partial charge is 0.180 e. The summed E-state index contributed by atoms with van der Waals surface area (Å²) < 4.78 is 31.8. The molecule has 2 fully saturated rings. The van der Waals surface area contributed by atoms with Crippen molar-refractivity contribution in [3.63, 3.8) is 0 Å². The van der Waals surface area contributed by atoms with Crippen molar-refractivity contribution in [2.45, 2.75) is 16.5 Å². The molecular weight excluding hydrogens is 432 g/mol. The topological polar surface area (TPSA) is 49.9 Å². The maximum atomic E-state index is 13.1. The van der Waals surface area contributed by atoms with Crippen molar-refractivity contribution in [2.24, 2.45) is 0 Å². The van der Waals surface area contributed by atoms with Crippen LogP contribution >= 0.6 is 0 Å². The third-order valence-corrected chi connectivity index (χ3v) is 8.79. The zero-order chi connectivity index (χ0) is 22.7. The number of ether oxygens (including phenoxy) is 1. The molecule has 0 saturated carbocycles. The highest BCUT2D eigenvalue weighted by atomic mass is 32.2. The van der Waals surface area contributed by atoms with Crippen molar-refractivity contribution in [3.8, 4) is 0 Å². The highest BCUT2D eigenvalue weighted by Crippen LogP contribution is 2.34. The van der Waals surface area contributed by atoms with Gasteiger partial charge in [-0.1, -0.05) is 78.9 Å². The molecule has 2 saturated heterocycles. The van der Waals surface area contributed by atoms with Crippen LogP contribution in [0, 0.1) is 0 Å². The molecule has 3 aromatic carbocycles. The van der Waals surface area contributed by atoms with Crippen LogP contribution in [0.5, 0.6) is 0 Å². The summed E-state index contributed by atoms with van der Waals surface area (Å²) in [6, 6.07) is 30.2. The average molecular weight is 463 g/mol. The highest BCUT2D eigenvalue weighted by Gasteiger charge is 2.48. The molecule has 0 atom stereocenters. The van der Waals surface area contributed by atoms with Crippen LogP contribution in [0.3, 0.4) is 0 Å². The molecule has 0 bridgehead atoms. The SMILES string of the molecule is O=S(=O)(CC1(N2CCN(C(c3ccccc3)c3ccccc3)CC2)COC1)c1ccccc1. The number of piperazine rings is 1. The molecule has 0 N–H and O–H groups in total. The second-order valence-electron chi connectivity index (χ2n) is 9.04. The molecule has 0 aliphatic carbocycles. The lowest BCUT2D eigenvalue weighted by atomic mass is 9.94. The van der Waals surface area contributed by atoms with E-state index in [9.17, 15) is 8.42 Å². The number of sulfone groups is 1. The van der Waals surface area contributed by atoms with E-state index >= 15 is 0 Å². The molecule has 5 rings (SSSR count). The summed E-state index contributed by atoms with van der Waals surface area (Å²) in [5, 5.41) is 0. The van der Waals surface area contributed by atoms with Crippen LogP contribution in [0.25, 0.3) is 0 Å². The quantitative estimate of drug-likeness (QED) is 0.537. The maximum absolute atomic E-state index is 13.1. The lowest BCUT2D eigenvalue weighted by Gasteiger charge is -2.52. The molecule has 0 radical (unpaired) electrons. The number of nitrogens with zero attached hydrogens (tertiary/aromatic N) is 2. The van der Waals surface area contributed by atoms with Crippen molar-refractivity contribution in [3.05, 3.63) is 102 Å². The Balaban J connectivity index is 1.33. The minimum absolute atomic E-state index is 0.102. The molecule has 0 amide bonds. The molecule has 5 nitrogen and oxygen atoms in total. The molecular formula is C27H30N2O3S. The van der Waals surface area contributed by atoms with E-state index in [0.717, 1.165) is 26.2 Å².